The molecule has 0 aromatic heterocycles. The van der Waals surface area contributed by atoms with Crippen LogP contribution in [0.15, 0.2) is 24.3 Å². The number of aliphatic carboxylic acids is 3. The van der Waals surface area contributed by atoms with Crippen molar-refractivity contribution < 1.29 is 87.9 Å². The fourth-order valence-corrected chi connectivity index (χ4v) is 5.02. The molecule has 1 saturated heterocycles. The molecule has 1 aromatic rings. The van der Waals surface area contributed by atoms with E-state index in [9.17, 15) is 27.9 Å². The Morgan fingerprint density at radius 1 is 0.886 bits per heavy atom. The zero-order valence-corrected chi connectivity index (χ0v) is 28.3. The number of aliphatic hydroxyl groups excluding tert-OH is 1. The van der Waals surface area contributed by atoms with Crippen molar-refractivity contribution in [3.63, 3.8) is 0 Å². The quantitative estimate of drug-likeness (QED) is 0.182. The van der Waals surface area contributed by atoms with Gasteiger partial charge in [-0.05, 0) is 37.2 Å². The number of ether oxygens (including phenoxy) is 1. The van der Waals surface area contributed by atoms with Gasteiger partial charge in [-0.1, -0.05) is 18.2 Å². The van der Waals surface area contributed by atoms with Gasteiger partial charge in [0, 0.05) is 39.3 Å². The van der Waals surface area contributed by atoms with Gasteiger partial charge in [-0.25, -0.2) is 12.7 Å². The summed E-state index contributed by atoms with van der Waals surface area (Å²) in [5.74, 6) is -2.07. The molecule has 1 aliphatic heterocycles. The number of carboxylic acids is 3. The Morgan fingerprint density at radius 2 is 1.30 bits per heavy atom. The van der Waals surface area contributed by atoms with Gasteiger partial charge in [0.15, 0.2) is 0 Å². The molecule has 0 saturated carbocycles. The number of hydrogen-bond donors (Lipinski definition) is 4. The molecule has 0 spiro atoms. The fraction of sp³-hybridized carbons (Fsp3) is 0.630. The number of rotatable bonds is 13. The molecule has 0 radical (unpaired) electrons. The van der Waals surface area contributed by atoms with E-state index in [2.05, 4.69) is 12.2 Å². The van der Waals surface area contributed by atoms with Crippen molar-refractivity contribution in [1.82, 2.24) is 19.0 Å². The maximum Gasteiger partial charge on any atom is 2.00 e. The third-order valence-electron chi connectivity index (χ3n) is 6.38. The Labute approximate surface area is 291 Å². The zero-order chi connectivity index (χ0) is 32.4. The van der Waals surface area contributed by atoms with Crippen LogP contribution in [-0.4, -0.2) is 170 Å². The molecule has 1 fully saturated rings. The third-order valence-corrected chi connectivity index (χ3v) is 7.65. The number of carboxylic acid groups (broad SMARTS) is 3. The van der Waals surface area contributed by atoms with E-state index in [0.29, 0.717) is 65.3 Å². The minimum Gasteiger partial charge on any atom is -0.660 e. The molecule has 0 bridgehead atoms. The van der Waals surface area contributed by atoms with Crippen LogP contribution in [0.2, 0.25) is 0 Å². The van der Waals surface area contributed by atoms with E-state index in [1.807, 2.05) is 24.3 Å². The van der Waals surface area contributed by atoms with E-state index in [1.165, 1.54) is 4.31 Å². The van der Waals surface area contributed by atoms with E-state index in [0.717, 1.165) is 17.6 Å². The molecule has 0 aliphatic carbocycles. The van der Waals surface area contributed by atoms with Crippen molar-refractivity contribution in [2.75, 3.05) is 98.4 Å². The SMILES string of the molecule is O=C(O)CN1CC[N-]CCN(CC(=O)O)CCN(CC(=O)O)CC1.[CH2-]C(O)CN(CCc1ccc(OC)cc1)S(C)(=O)=O.[Gd+2]. The smallest absolute Gasteiger partial charge is 0.660 e. The number of carbonyl (C=O) groups is 3. The molecule has 4 N–H and O–H groups in total. The minimum atomic E-state index is -3.33. The summed E-state index contributed by atoms with van der Waals surface area (Å²) in [6.45, 7) is 6.89. The molecule has 0 amide bonds. The maximum atomic E-state index is 11.6. The molecular weight excluding hydrogens is 744 g/mol. The van der Waals surface area contributed by atoms with Gasteiger partial charge >= 0.3 is 57.8 Å². The number of benzene rings is 1. The molecule has 1 aromatic carbocycles. The summed E-state index contributed by atoms with van der Waals surface area (Å²) >= 11 is 0. The molecule has 17 heteroatoms. The van der Waals surface area contributed by atoms with E-state index < -0.39 is 34.0 Å². The average Bonchev–Trinajstić information content (AvgIpc) is 2.90. The molecule has 1 aliphatic rings. The zero-order valence-electron chi connectivity index (χ0n) is 25.2. The van der Waals surface area contributed by atoms with Crippen molar-refractivity contribution in [3.05, 3.63) is 42.1 Å². The van der Waals surface area contributed by atoms with Crippen LogP contribution in [0.1, 0.15) is 5.56 Å². The number of hydrogen-bond acceptors (Lipinski definition) is 10. The first-order chi connectivity index (χ1) is 20.2. The van der Waals surface area contributed by atoms with Crippen LogP contribution in [0, 0.1) is 46.9 Å². The van der Waals surface area contributed by atoms with Crippen LogP contribution in [0.25, 0.3) is 5.32 Å². The first-order valence-electron chi connectivity index (χ1n) is 13.7. The summed E-state index contributed by atoms with van der Waals surface area (Å²) < 4.78 is 29.4. The topological polar surface area (TPSA) is 203 Å². The number of aliphatic hydroxyl groups is 1. The number of methoxy groups -OCH3 is 1. The first kappa shape index (κ1) is 42.5. The predicted molar refractivity (Wildman–Crippen MR) is 160 cm³/mol. The van der Waals surface area contributed by atoms with Crippen LogP contribution >= 0.6 is 0 Å². The van der Waals surface area contributed by atoms with E-state index in [4.69, 9.17) is 20.1 Å². The van der Waals surface area contributed by atoms with Gasteiger partial charge in [-0.15, -0.1) is 13.1 Å². The minimum absolute atomic E-state index is 0. The van der Waals surface area contributed by atoms with Gasteiger partial charge in [0.05, 0.1) is 33.0 Å². The molecule has 1 atom stereocenters. The van der Waals surface area contributed by atoms with Gasteiger partial charge in [-0.2, -0.15) is 0 Å². The predicted octanol–water partition coefficient (Wildman–Crippen LogP) is -0.772. The van der Waals surface area contributed by atoms with Crippen molar-refractivity contribution in [2.45, 2.75) is 12.5 Å². The van der Waals surface area contributed by atoms with Crippen LogP contribution in [0.5, 0.6) is 5.75 Å². The van der Waals surface area contributed by atoms with Crippen LogP contribution in [0.3, 0.4) is 0 Å². The Bertz CT molecular complexity index is 1070. The average molecular weight is 789 g/mol. The summed E-state index contributed by atoms with van der Waals surface area (Å²) in [5.41, 5.74) is 1.01. The fourth-order valence-electron chi connectivity index (χ4n) is 4.16. The van der Waals surface area contributed by atoms with E-state index >= 15 is 0 Å². The summed E-state index contributed by atoms with van der Waals surface area (Å²) in [5, 5.41) is 40.4. The van der Waals surface area contributed by atoms with E-state index in [1.54, 1.807) is 21.8 Å². The Morgan fingerprint density at radius 3 is 1.64 bits per heavy atom. The molecule has 44 heavy (non-hydrogen) atoms. The Kier molecular flexibility index (Phi) is 22.1. The van der Waals surface area contributed by atoms with Crippen molar-refractivity contribution in [3.8, 4) is 5.75 Å². The maximum absolute atomic E-state index is 11.6. The summed E-state index contributed by atoms with van der Waals surface area (Å²) in [6.07, 6.45) is 0.776. The van der Waals surface area contributed by atoms with Crippen LogP contribution in [-0.2, 0) is 30.8 Å². The Hall–Kier alpha value is -1.54. The molecule has 2 rings (SSSR count). The van der Waals surface area contributed by atoms with Gasteiger partial charge in [0.1, 0.15) is 5.75 Å². The monoisotopic (exact) mass is 789 g/mol. The van der Waals surface area contributed by atoms with Crippen molar-refractivity contribution in [1.29, 1.82) is 0 Å². The van der Waals surface area contributed by atoms with Crippen LogP contribution < -0.4 is 4.74 Å². The third kappa shape index (κ3) is 20.5. The first-order valence-corrected chi connectivity index (χ1v) is 15.6. The molecular formula is C27H45GdN5O10S. The number of nitrogens with zero attached hydrogens (tertiary/aromatic N) is 5. The second-order valence-electron chi connectivity index (χ2n) is 10.1. The van der Waals surface area contributed by atoms with Crippen molar-refractivity contribution >= 4 is 27.9 Å². The second kappa shape index (κ2) is 22.9. The summed E-state index contributed by atoms with van der Waals surface area (Å²) in [6, 6.07) is 7.44. The molecule has 15 nitrogen and oxygen atoms in total. The largest absolute Gasteiger partial charge is 2.00 e. The van der Waals surface area contributed by atoms with Gasteiger partial charge in [0.25, 0.3) is 0 Å². The Balaban J connectivity index is 0.000000843. The van der Waals surface area contributed by atoms with Crippen LogP contribution in [0.4, 0.5) is 0 Å². The second-order valence-corrected chi connectivity index (χ2v) is 12.0. The summed E-state index contributed by atoms with van der Waals surface area (Å²) in [4.78, 5) is 38.0. The molecule has 1 unspecified atom stereocenters. The van der Waals surface area contributed by atoms with Gasteiger partial charge < -0.3 is 37.4 Å². The number of sulfonamides is 1. The van der Waals surface area contributed by atoms with Crippen molar-refractivity contribution in [2.24, 2.45) is 0 Å². The van der Waals surface area contributed by atoms with E-state index in [-0.39, 0.29) is 66.1 Å². The molecule has 1 heterocycles. The van der Waals surface area contributed by atoms with Gasteiger partial charge in [0.2, 0.25) is 10.0 Å². The molecule has 252 valence electrons. The summed E-state index contributed by atoms with van der Waals surface area (Å²) in [7, 11) is -1.74. The normalized spacial score (nSPS) is 16.8. The standard InChI is InChI=1S/C14H25N4O6.C13H20NO4S.Gd/c19-12(20)9-16-3-1-15-2-4-17(10-13(21)22)6-8-18(7-5-16)11-14(23)24;1-11(15)10-14(19(3,16)17)9-8-12-4-6-13(18-2)7-5-12;/h1-11H2,(H,19,20)(H,21,22)(H,23,24);4-7,11,15H,1,8-10H2,2-3H3;/q2*-1;+2. The van der Waals surface area contributed by atoms with Gasteiger partial charge in [-0.3, -0.25) is 29.1 Å².